The van der Waals surface area contributed by atoms with Crippen LogP contribution in [0.2, 0.25) is 0 Å². The summed E-state index contributed by atoms with van der Waals surface area (Å²) in [5, 5.41) is 26.1. The van der Waals surface area contributed by atoms with Gasteiger partial charge < -0.3 is 47.4 Å². The highest BCUT2D eigenvalue weighted by Crippen LogP contribution is 2.19. The number of unbranched alkanes of at least 4 members (excludes halogenated alkanes) is 1. The largest absolute Gasteiger partial charge is 0.395 e. The first-order valence-corrected chi connectivity index (χ1v) is 20.1. The van der Waals surface area contributed by atoms with Gasteiger partial charge in [0.2, 0.25) is 23.6 Å². The predicted molar refractivity (Wildman–Crippen MR) is 224 cm³/mol. The first-order chi connectivity index (χ1) is 28.2. The Bertz CT molecular complexity index is 2010. The lowest BCUT2D eigenvalue weighted by Crippen LogP contribution is -2.58. The summed E-state index contributed by atoms with van der Waals surface area (Å²) in [7, 11) is 0. The Balaban J connectivity index is 1.30. The van der Waals surface area contributed by atoms with Gasteiger partial charge in [0, 0.05) is 66.9 Å². The Kier molecular flexibility index (Phi) is 17.0. The molecule has 0 aliphatic carbocycles. The zero-order chi connectivity index (χ0) is 41.1. The van der Waals surface area contributed by atoms with E-state index in [-0.39, 0.29) is 43.9 Å². The summed E-state index contributed by atoms with van der Waals surface area (Å²) < 4.78 is 0. The second-order valence-electron chi connectivity index (χ2n) is 14.7. The van der Waals surface area contributed by atoms with Crippen molar-refractivity contribution >= 4 is 34.5 Å². The molecule has 0 saturated carbocycles. The molecule has 5 rings (SSSR count). The number of carbonyl (C=O) groups is 4. The molecule has 2 aromatic heterocycles. The number of carbonyl (C=O) groups excluding carboxylic acids is 4. The van der Waals surface area contributed by atoms with Gasteiger partial charge in [0.25, 0.3) is 0 Å². The van der Waals surface area contributed by atoms with Crippen molar-refractivity contribution in [2.45, 2.75) is 88.5 Å². The van der Waals surface area contributed by atoms with Crippen molar-refractivity contribution in [1.29, 1.82) is 0 Å². The monoisotopic (exact) mass is 791 g/mol. The maximum atomic E-state index is 14.3. The third-order valence-electron chi connectivity index (χ3n) is 10.1. The summed E-state index contributed by atoms with van der Waals surface area (Å²) in [5.74, 6) is -1.80. The fraction of sp³-hybridized carbons (Fsp3) is 0.386. The van der Waals surface area contributed by atoms with E-state index in [0.717, 1.165) is 52.5 Å². The molecule has 2 heterocycles. The van der Waals surface area contributed by atoms with Gasteiger partial charge in [0.05, 0.1) is 12.9 Å². The quantitative estimate of drug-likeness (QED) is 0.0422. The predicted octanol–water partition coefficient (Wildman–Crippen LogP) is 2.59. The molecule has 4 amide bonds. The number of benzene rings is 3. The number of aliphatic hydroxyl groups excluding tert-OH is 1. The normalized spacial score (nSPS) is 13.8. The van der Waals surface area contributed by atoms with Crippen molar-refractivity contribution in [3.05, 3.63) is 126 Å². The van der Waals surface area contributed by atoms with Gasteiger partial charge in [-0.2, -0.15) is 0 Å². The van der Waals surface area contributed by atoms with Gasteiger partial charge >= 0.3 is 0 Å². The van der Waals surface area contributed by atoms with E-state index in [1.807, 2.05) is 91.1 Å². The molecule has 0 unspecified atom stereocenters. The molecular formula is C44H57N9O5. The van der Waals surface area contributed by atoms with Crippen LogP contribution in [0.25, 0.3) is 10.9 Å². The number of nitrogens with two attached hydrogens (primary N) is 1. The highest BCUT2D eigenvalue weighted by atomic mass is 16.3. The fourth-order valence-electron chi connectivity index (χ4n) is 6.88. The summed E-state index contributed by atoms with van der Waals surface area (Å²) >= 11 is 0. The number of fused-ring (bicyclic) bond motifs is 1. The van der Waals surface area contributed by atoms with E-state index >= 15 is 0 Å². The Morgan fingerprint density at radius 3 is 2.10 bits per heavy atom. The zero-order valence-corrected chi connectivity index (χ0v) is 33.1. The molecule has 0 aliphatic heterocycles. The van der Waals surface area contributed by atoms with Gasteiger partial charge in [-0.15, -0.1) is 0 Å². The molecule has 0 radical (unpaired) electrons. The van der Waals surface area contributed by atoms with E-state index in [9.17, 15) is 24.3 Å². The second-order valence-corrected chi connectivity index (χ2v) is 14.7. The molecule has 58 heavy (non-hydrogen) atoms. The van der Waals surface area contributed by atoms with Gasteiger partial charge in [0.15, 0.2) is 0 Å². The highest BCUT2D eigenvalue weighted by molar-refractivity contribution is 5.94. The maximum Gasteiger partial charge on any atom is 0.243 e. The average Bonchev–Trinajstić information content (AvgIpc) is 3.92. The second kappa shape index (κ2) is 22.8. The lowest BCUT2D eigenvalue weighted by molar-refractivity contribution is -0.133. The van der Waals surface area contributed by atoms with Crippen LogP contribution in [0.3, 0.4) is 0 Å². The molecule has 0 saturated heterocycles. The van der Waals surface area contributed by atoms with Gasteiger partial charge in [-0.25, -0.2) is 4.98 Å². The van der Waals surface area contributed by atoms with Crippen LogP contribution in [0, 0.1) is 0 Å². The Morgan fingerprint density at radius 2 is 1.41 bits per heavy atom. The lowest BCUT2D eigenvalue weighted by Gasteiger charge is -2.27. The summed E-state index contributed by atoms with van der Waals surface area (Å²) in [6, 6.07) is 23.3. The number of aryl methyl sites for hydroxylation is 1. The van der Waals surface area contributed by atoms with Gasteiger partial charge in [-0.1, -0.05) is 85.3 Å². The van der Waals surface area contributed by atoms with Crippen LogP contribution in [0.5, 0.6) is 0 Å². The number of aromatic nitrogens is 3. The number of hydrogen-bond donors (Lipinski definition) is 9. The number of imidazole rings is 1. The Morgan fingerprint density at radius 1 is 0.741 bits per heavy atom. The van der Waals surface area contributed by atoms with Crippen molar-refractivity contribution < 1.29 is 24.3 Å². The van der Waals surface area contributed by atoms with Crippen molar-refractivity contribution in [2.24, 2.45) is 5.73 Å². The zero-order valence-electron chi connectivity index (χ0n) is 33.1. The molecule has 5 atom stereocenters. The highest BCUT2D eigenvalue weighted by Gasteiger charge is 2.30. The summed E-state index contributed by atoms with van der Waals surface area (Å²) in [6.07, 6.45) is 8.93. The molecule has 0 fully saturated rings. The van der Waals surface area contributed by atoms with E-state index in [4.69, 9.17) is 5.73 Å². The fourth-order valence-corrected chi connectivity index (χ4v) is 6.88. The van der Waals surface area contributed by atoms with Crippen LogP contribution < -0.4 is 32.3 Å². The van der Waals surface area contributed by atoms with Crippen molar-refractivity contribution in [2.75, 3.05) is 19.7 Å². The van der Waals surface area contributed by atoms with Gasteiger partial charge in [-0.05, 0) is 61.9 Å². The number of nitrogens with one attached hydrogen (secondary N) is 7. The molecule has 14 nitrogen and oxygen atoms in total. The summed E-state index contributed by atoms with van der Waals surface area (Å²) in [4.78, 5) is 65.2. The molecule has 0 aliphatic rings. The number of amides is 4. The molecule has 10 N–H and O–H groups in total. The average molecular weight is 792 g/mol. The van der Waals surface area contributed by atoms with Gasteiger partial charge in [-0.3, -0.25) is 19.2 Å². The van der Waals surface area contributed by atoms with Crippen LogP contribution >= 0.6 is 0 Å². The van der Waals surface area contributed by atoms with E-state index < -0.39 is 35.8 Å². The number of aromatic amines is 2. The van der Waals surface area contributed by atoms with Crippen LogP contribution in [-0.4, -0.2) is 93.6 Å². The van der Waals surface area contributed by atoms with E-state index in [2.05, 4.69) is 41.5 Å². The number of para-hydroxylation sites is 1. The number of hydrogen-bond acceptors (Lipinski definition) is 8. The minimum absolute atomic E-state index is 0.0551. The molecule has 308 valence electrons. The molecular weight excluding hydrogens is 735 g/mol. The molecule has 5 aromatic rings. The molecule has 3 aromatic carbocycles. The third-order valence-corrected chi connectivity index (χ3v) is 10.1. The van der Waals surface area contributed by atoms with Crippen LogP contribution in [0.15, 0.2) is 104 Å². The van der Waals surface area contributed by atoms with Crippen molar-refractivity contribution in [1.82, 2.24) is 41.5 Å². The maximum absolute atomic E-state index is 14.3. The number of H-pyrrole nitrogens is 2. The van der Waals surface area contributed by atoms with Crippen LogP contribution in [0.1, 0.15) is 55.0 Å². The first-order valence-electron chi connectivity index (χ1n) is 20.1. The summed E-state index contributed by atoms with van der Waals surface area (Å²) in [6.45, 7) is 2.45. The minimum atomic E-state index is -1.05. The SMILES string of the molecule is C[C@H](NC(=O)[C@@H](Cc1ccccc1)NC(=O)CCc1cnc[nH]1)C(=O)N[C@@H](Cc1c[nH]c2ccccc12)C(=O)N[C@@H](CN[C@H](CO)CCCCN)Cc1ccccc1. The number of rotatable bonds is 24. The molecule has 0 bridgehead atoms. The third kappa shape index (κ3) is 13.7. The van der Waals surface area contributed by atoms with E-state index in [1.54, 1.807) is 19.4 Å². The van der Waals surface area contributed by atoms with Crippen molar-refractivity contribution in [3.8, 4) is 0 Å². The van der Waals surface area contributed by atoms with E-state index in [1.165, 1.54) is 0 Å². The first kappa shape index (κ1) is 43.3. The van der Waals surface area contributed by atoms with Crippen LogP contribution in [-0.2, 0) is 44.9 Å². The minimum Gasteiger partial charge on any atom is -0.395 e. The van der Waals surface area contributed by atoms with Crippen LogP contribution in [0.4, 0.5) is 0 Å². The topological polar surface area (TPSA) is 219 Å². The molecule has 14 heteroatoms. The standard InChI is InChI=1S/C44H57N9O5/c1-30(50-43(57)39(23-32-14-6-3-7-15-32)52-41(55)20-19-34-26-46-29-49-34)42(56)53-40(24-33-25-48-38-18-9-8-17-37(33)38)44(58)51-36(22-31-12-4-2-5-13-31)27-47-35(28-54)16-10-11-21-45/h2-9,12-15,17-18,25-26,29-30,35-36,39-40,47-48,54H,10-11,16,19-24,27-28,45H2,1H3,(H,46,49)(H,50,57)(H,51,58)(H,52,55)(H,53,56)/t30-,35-,36+,39+,40-/m0/s1. The summed E-state index contributed by atoms with van der Waals surface area (Å²) in [5.41, 5.74) is 10.1. The number of nitrogens with zero attached hydrogens (tertiary/aromatic N) is 1. The van der Waals surface area contributed by atoms with E-state index in [0.29, 0.717) is 25.9 Å². The Labute approximate surface area is 339 Å². The Hall–Kier alpha value is -5.83. The lowest BCUT2D eigenvalue weighted by atomic mass is 10.0. The van der Waals surface area contributed by atoms with Gasteiger partial charge in [0.1, 0.15) is 18.1 Å². The van der Waals surface area contributed by atoms with Crippen molar-refractivity contribution in [3.63, 3.8) is 0 Å². The number of aliphatic hydroxyl groups is 1. The molecule has 0 spiro atoms. The smallest absolute Gasteiger partial charge is 0.243 e.